The zero-order chi connectivity index (χ0) is 23.4. The van der Waals surface area contributed by atoms with E-state index in [1.807, 2.05) is 84.8 Å². The minimum atomic E-state index is -0.401. The van der Waals surface area contributed by atoms with E-state index in [0.29, 0.717) is 17.7 Å². The molecule has 1 amide bonds. The lowest BCUT2D eigenvalue weighted by molar-refractivity contribution is -0.136. The first-order chi connectivity index (χ1) is 16.0. The van der Waals surface area contributed by atoms with Gasteiger partial charge in [0, 0.05) is 5.70 Å². The van der Waals surface area contributed by atoms with Gasteiger partial charge in [-0.25, -0.2) is 9.79 Å². The maximum atomic E-state index is 13.0. The van der Waals surface area contributed by atoms with Crippen molar-refractivity contribution < 1.29 is 14.3 Å². The highest BCUT2D eigenvalue weighted by Crippen LogP contribution is 2.45. The van der Waals surface area contributed by atoms with E-state index < -0.39 is 12.0 Å². The van der Waals surface area contributed by atoms with Gasteiger partial charge in [-0.15, -0.1) is 0 Å². The number of amides is 1. The molecule has 1 N–H and O–H groups in total. The third-order valence-corrected chi connectivity index (χ3v) is 6.65. The molecule has 2 aromatic rings. The number of hydrogen-bond acceptors (Lipinski definition) is 6. The van der Waals surface area contributed by atoms with E-state index in [9.17, 15) is 9.59 Å². The number of nitrogens with one attached hydrogen (secondary N) is 1. The molecule has 6 nitrogen and oxygen atoms in total. The van der Waals surface area contributed by atoms with Gasteiger partial charge >= 0.3 is 5.97 Å². The fraction of sp³-hybridized carbons (Fsp3) is 0.269. The van der Waals surface area contributed by atoms with Gasteiger partial charge in [0.15, 0.2) is 5.17 Å². The van der Waals surface area contributed by atoms with E-state index in [1.165, 1.54) is 18.9 Å². The average Bonchev–Trinajstić information content (AvgIpc) is 3.25. The monoisotopic (exact) mass is 461 g/mol. The summed E-state index contributed by atoms with van der Waals surface area (Å²) in [6.07, 6.45) is 0.790. The van der Waals surface area contributed by atoms with Crippen molar-refractivity contribution in [1.29, 1.82) is 0 Å². The summed E-state index contributed by atoms with van der Waals surface area (Å²) in [6, 6.07) is 19.2. The second kappa shape index (κ2) is 10.1. The second-order valence-electron chi connectivity index (χ2n) is 7.89. The van der Waals surface area contributed by atoms with Crippen LogP contribution in [0.1, 0.15) is 49.9 Å². The lowest BCUT2D eigenvalue weighted by Gasteiger charge is -2.36. The Morgan fingerprint density at radius 3 is 2.42 bits per heavy atom. The molecule has 0 fully saturated rings. The Labute approximate surface area is 198 Å². The maximum Gasteiger partial charge on any atom is 0.338 e. The van der Waals surface area contributed by atoms with Crippen LogP contribution < -0.4 is 5.32 Å². The van der Waals surface area contributed by atoms with Gasteiger partial charge in [-0.2, -0.15) is 0 Å². The first-order valence-corrected chi connectivity index (χ1v) is 11.9. The fourth-order valence-electron chi connectivity index (χ4n) is 4.15. The van der Waals surface area contributed by atoms with Crippen LogP contribution in [-0.2, 0) is 14.3 Å². The molecule has 33 heavy (non-hydrogen) atoms. The van der Waals surface area contributed by atoms with Gasteiger partial charge < -0.3 is 15.0 Å². The van der Waals surface area contributed by atoms with Gasteiger partial charge in [-0.1, -0.05) is 79.3 Å². The van der Waals surface area contributed by atoms with E-state index in [-0.39, 0.29) is 18.4 Å². The molecular weight excluding hydrogens is 434 g/mol. The molecule has 0 aliphatic carbocycles. The van der Waals surface area contributed by atoms with Crippen LogP contribution in [0.5, 0.6) is 0 Å². The normalized spacial score (nSPS) is 18.3. The van der Waals surface area contributed by atoms with Gasteiger partial charge in [-0.3, -0.25) is 4.79 Å². The third kappa shape index (κ3) is 4.73. The number of fused-ring (bicyclic) bond motifs is 1. The molecule has 2 aromatic carbocycles. The number of thioether (sulfide) groups is 1. The summed E-state index contributed by atoms with van der Waals surface area (Å²) < 4.78 is 5.14. The van der Waals surface area contributed by atoms with E-state index in [4.69, 9.17) is 9.73 Å². The molecule has 2 heterocycles. The highest BCUT2D eigenvalue weighted by Gasteiger charge is 2.41. The summed E-state index contributed by atoms with van der Waals surface area (Å²) in [4.78, 5) is 32.6. The number of methoxy groups -OCH3 is 1. The number of aliphatic imine (C=N–C) groups is 1. The molecule has 7 heteroatoms. The van der Waals surface area contributed by atoms with Crippen LogP contribution in [0.15, 0.2) is 88.0 Å². The van der Waals surface area contributed by atoms with Crippen LogP contribution in [0.25, 0.3) is 0 Å². The van der Waals surface area contributed by atoms with Gasteiger partial charge in [0.05, 0.1) is 36.9 Å². The van der Waals surface area contributed by atoms with Crippen molar-refractivity contribution in [3.8, 4) is 0 Å². The quantitative estimate of drug-likeness (QED) is 0.582. The van der Waals surface area contributed by atoms with Crippen LogP contribution in [0.2, 0.25) is 0 Å². The van der Waals surface area contributed by atoms with Crippen molar-refractivity contribution in [2.45, 2.75) is 38.8 Å². The third-order valence-electron chi connectivity index (χ3n) is 5.76. The topological polar surface area (TPSA) is 71.0 Å². The van der Waals surface area contributed by atoms with E-state index in [0.717, 1.165) is 22.0 Å². The zero-order valence-electron chi connectivity index (χ0n) is 18.9. The van der Waals surface area contributed by atoms with Crippen molar-refractivity contribution in [1.82, 2.24) is 10.2 Å². The van der Waals surface area contributed by atoms with E-state index in [2.05, 4.69) is 5.32 Å². The predicted molar refractivity (Wildman–Crippen MR) is 131 cm³/mol. The first-order valence-electron chi connectivity index (χ1n) is 11.0. The number of carbonyl (C=O) groups excluding carboxylic acids is 2. The molecule has 0 saturated carbocycles. The van der Waals surface area contributed by atoms with Crippen molar-refractivity contribution >= 4 is 28.8 Å². The molecule has 2 atom stereocenters. The second-order valence-corrected chi connectivity index (χ2v) is 8.72. The summed E-state index contributed by atoms with van der Waals surface area (Å²) in [7, 11) is 1.39. The Morgan fingerprint density at radius 1 is 1.12 bits per heavy atom. The molecular formula is C26H27N3O3S. The van der Waals surface area contributed by atoms with Crippen LogP contribution >= 0.6 is 11.8 Å². The van der Waals surface area contributed by atoms with E-state index >= 15 is 0 Å². The lowest BCUT2D eigenvalue weighted by Crippen LogP contribution is -2.38. The maximum absolute atomic E-state index is 13.0. The van der Waals surface area contributed by atoms with Crippen LogP contribution in [0, 0.1) is 0 Å². The molecule has 4 rings (SSSR count). The molecule has 0 aromatic heterocycles. The zero-order valence-corrected chi connectivity index (χ0v) is 19.8. The van der Waals surface area contributed by atoms with Crippen LogP contribution in [0.4, 0.5) is 0 Å². The standard InChI is InChI=1S/C26H27N3O3S/c1-4-21-23(25(31)32-3)24(19-13-9-6-10-14-19)29-20(16-33-26(29)28-21)15-22(30)27-17(2)18-11-7-5-8-12-18/h5-14,16-17,24H,4,15H2,1-3H3,(H,27,30)/t17-,24-/m0/s1. The Morgan fingerprint density at radius 2 is 1.79 bits per heavy atom. The van der Waals surface area contributed by atoms with Crippen molar-refractivity contribution in [3.63, 3.8) is 0 Å². The van der Waals surface area contributed by atoms with Gasteiger partial charge in [-0.05, 0) is 29.9 Å². The highest BCUT2D eigenvalue weighted by atomic mass is 32.2. The van der Waals surface area contributed by atoms with Crippen LogP contribution in [-0.4, -0.2) is 29.1 Å². The Balaban J connectivity index is 1.62. The minimum absolute atomic E-state index is 0.0869. The number of allylic oxidation sites excluding steroid dienone is 1. The van der Waals surface area contributed by atoms with Gasteiger partial charge in [0.1, 0.15) is 0 Å². The number of benzene rings is 2. The number of rotatable bonds is 7. The van der Waals surface area contributed by atoms with Crippen LogP contribution in [0.3, 0.4) is 0 Å². The van der Waals surface area contributed by atoms with Gasteiger partial charge in [0.25, 0.3) is 0 Å². The summed E-state index contributed by atoms with van der Waals surface area (Å²) >= 11 is 1.48. The van der Waals surface area contributed by atoms with Gasteiger partial charge in [0.2, 0.25) is 5.91 Å². The molecule has 0 spiro atoms. The molecule has 2 aliphatic rings. The number of nitrogens with zero attached hydrogens (tertiary/aromatic N) is 2. The Hall–Kier alpha value is -3.32. The predicted octanol–water partition coefficient (Wildman–Crippen LogP) is 5.09. The summed E-state index contributed by atoms with van der Waals surface area (Å²) in [5.41, 5.74) is 4.03. The van der Waals surface area contributed by atoms with Crippen molar-refractivity contribution in [2.75, 3.05) is 7.11 Å². The highest BCUT2D eigenvalue weighted by molar-refractivity contribution is 8.16. The fourth-order valence-corrected chi connectivity index (χ4v) is 5.08. The van der Waals surface area contributed by atoms with Crippen molar-refractivity contribution in [3.05, 3.63) is 94.2 Å². The molecule has 0 radical (unpaired) electrons. The Kier molecular flexibility index (Phi) is 6.99. The largest absolute Gasteiger partial charge is 0.466 e. The first kappa shape index (κ1) is 22.9. The Bertz CT molecular complexity index is 1130. The summed E-state index contributed by atoms with van der Waals surface area (Å²) in [5, 5.41) is 5.80. The number of carbonyl (C=O) groups is 2. The number of hydrogen-bond donors (Lipinski definition) is 1. The molecule has 170 valence electrons. The molecule has 2 aliphatic heterocycles. The number of amidine groups is 1. The lowest BCUT2D eigenvalue weighted by atomic mass is 9.93. The molecule has 0 saturated heterocycles. The summed E-state index contributed by atoms with van der Waals surface area (Å²) in [5.74, 6) is -0.488. The smallest absolute Gasteiger partial charge is 0.338 e. The molecule has 0 bridgehead atoms. The van der Waals surface area contributed by atoms with Crippen molar-refractivity contribution in [2.24, 2.45) is 4.99 Å². The number of ether oxygens (including phenoxy) is 1. The minimum Gasteiger partial charge on any atom is -0.466 e. The van der Waals surface area contributed by atoms with E-state index in [1.54, 1.807) is 0 Å². The summed E-state index contributed by atoms with van der Waals surface area (Å²) in [6.45, 7) is 3.95. The average molecular weight is 462 g/mol. The number of esters is 1. The SMILES string of the molecule is CCC1=C(C(=O)OC)[C@H](c2ccccc2)N2C(CC(=O)N[C@@H](C)c3ccccc3)=CSC2=N1. The molecule has 0 unspecified atom stereocenters.